The zero-order chi connectivity index (χ0) is 20.5. The van der Waals surface area contributed by atoms with Gasteiger partial charge in [0.1, 0.15) is 11.6 Å². The molecule has 2 aliphatic rings. The van der Waals surface area contributed by atoms with Gasteiger partial charge in [-0.15, -0.1) is 0 Å². The number of nitrogen functional groups attached to an aromatic ring is 1. The predicted octanol–water partition coefficient (Wildman–Crippen LogP) is 4.25. The summed E-state index contributed by atoms with van der Waals surface area (Å²) < 4.78 is 16.4. The van der Waals surface area contributed by atoms with Crippen molar-refractivity contribution in [3.63, 3.8) is 0 Å². The number of nitrogens with zero attached hydrogens (tertiary/aromatic N) is 3. The summed E-state index contributed by atoms with van der Waals surface area (Å²) in [6.07, 6.45) is 11.8. The Bertz CT molecular complexity index is 1000. The van der Waals surface area contributed by atoms with E-state index in [4.69, 9.17) is 10.7 Å². The standard InChI is InChI=1S/C21H24BrFN4O2/c22-17-18(12-6-8-13(9-7-12)21(28)29)26-20-16(11-25-27(20)19(17)24)14-4-2-1-3-5-15(23)10-14/h3-5,10-13,21,28-29H,1-2,6-9,24H2/b5-3-,14-4+,15-10+. The number of aromatic nitrogens is 3. The van der Waals surface area contributed by atoms with Crippen molar-refractivity contribution in [2.75, 3.05) is 5.73 Å². The van der Waals surface area contributed by atoms with Crippen molar-refractivity contribution in [1.82, 2.24) is 14.6 Å². The number of rotatable bonds is 3. The molecular weight excluding hydrogens is 439 g/mol. The number of anilines is 1. The monoisotopic (exact) mass is 462 g/mol. The summed E-state index contributed by atoms with van der Waals surface area (Å²) in [5.41, 5.74) is 9.28. The molecule has 0 aliphatic heterocycles. The van der Waals surface area contributed by atoms with E-state index in [9.17, 15) is 14.6 Å². The molecule has 2 aliphatic carbocycles. The molecular formula is C21H24BrFN4O2. The first-order valence-corrected chi connectivity index (χ1v) is 10.7. The number of aliphatic hydroxyl groups is 2. The molecule has 2 aromatic heterocycles. The second kappa shape index (κ2) is 8.38. The third-order valence-corrected chi connectivity index (χ3v) is 6.62. The van der Waals surface area contributed by atoms with Crippen molar-refractivity contribution >= 4 is 33.0 Å². The van der Waals surface area contributed by atoms with Gasteiger partial charge in [0.15, 0.2) is 11.9 Å². The van der Waals surface area contributed by atoms with Crippen molar-refractivity contribution in [3.8, 4) is 0 Å². The van der Waals surface area contributed by atoms with Crippen molar-refractivity contribution in [1.29, 1.82) is 0 Å². The lowest BCUT2D eigenvalue weighted by molar-refractivity contribution is -0.0938. The topological polar surface area (TPSA) is 96.7 Å². The molecule has 0 amide bonds. The molecule has 0 bridgehead atoms. The molecule has 0 aromatic carbocycles. The Kier molecular flexibility index (Phi) is 5.85. The van der Waals surface area contributed by atoms with E-state index in [0.717, 1.165) is 55.4 Å². The van der Waals surface area contributed by atoms with Gasteiger partial charge in [-0.05, 0) is 72.2 Å². The fourth-order valence-electron chi connectivity index (χ4n) is 4.15. The Balaban J connectivity index is 1.75. The van der Waals surface area contributed by atoms with Crippen molar-refractivity contribution in [2.24, 2.45) is 5.92 Å². The number of halogens is 2. The Labute approximate surface area is 176 Å². The molecule has 0 spiro atoms. The van der Waals surface area contributed by atoms with Crippen LogP contribution in [-0.4, -0.2) is 31.1 Å². The maximum absolute atomic E-state index is 14.1. The van der Waals surface area contributed by atoms with Gasteiger partial charge in [0.25, 0.3) is 0 Å². The average Bonchev–Trinajstić information content (AvgIpc) is 3.11. The van der Waals surface area contributed by atoms with Gasteiger partial charge >= 0.3 is 0 Å². The first-order valence-electron chi connectivity index (χ1n) is 9.88. The molecule has 4 N–H and O–H groups in total. The summed E-state index contributed by atoms with van der Waals surface area (Å²) in [7, 11) is 0. The number of nitrogens with two attached hydrogens (primary N) is 1. The molecule has 29 heavy (non-hydrogen) atoms. The number of allylic oxidation sites excluding steroid dienone is 6. The normalized spacial score (nSPS) is 27.8. The molecule has 4 rings (SSSR count). The van der Waals surface area contributed by atoms with Gasteiger partial charge in [0, 0.05) is 17.4 Å². The Morgan fingerprint density at radius 2 is 1.97 bits per heavy atom. The van der Waals surface area contributed by atoms with E-state index in [1.165, 1.54) is 12.2 Å². The fraction of sp³-hybridized carbons (Fsp3) is 0.429. The molecule has 0 atom stereocenters. The highest BCUT2D eigenvalue weighted by molar-refractivity contribution is 9.10. The number of aliphatic hydroxyl groups excluding tert-OH is 1. The average molecular weight is 463 g/mol. The van der Waals surface area contributed by atoms with Gasteiger partial charge in [-0.3, -0.25) is 0 Å². The van der Waals surface area contributed by atoms with E-state index >= 15 is 0 Å². The number of hydrogen-bond donors (Lipinski definition) is 3. The van der Waals surface area contributed by atoms with Crippen molar-refractivity contribution in [3.05, 3.63) is 52.1 Å². The Hall–Kier alpha value is -2.03. The van der Waals surface area contributed by atoms with Gasteiger partial charge in [-0.1, -0.05) is 12.2 Å². The van der Waals surface area contributed by atoms with E-state index in [0.29, 0.717) is 15.9 Å². The fourth-order valence-corrected chi connectivity index (χ4v) is 4.73. The van der Waals surface area contributed by atoms with Gasteiger partial charge in [-0.25, -0.2) is 9.37 Å². The quantitative estimate of drug-likeness (QED) is 0.592. The van der Waals surface area contributed by atoms with Crippen LogP contribution in [0.1, 0.15) is 55.7 Å². The molecule has 6 nitrogen and oxygen atoms in total. The van der Waals surface area contributed by atoms with Crippen LogP contribution in [-0.2, 0) is 0 Å². The van der Waals surface area contributed by atoms with Gasteiger partial charge < -0.3 is 15.9 Å². The van der Waals surface area contributed by atoms with Crippen LogP contribution in [0.3, 0.4) is 0 Å². The minimum absolute atomic E-state index is 0.0992. The van der Waals surface area contributed by atoms with Crippen LogP contribution in [0, 0.1) is 5.92 Å². The highest BCUT2D eigenvalue weighted by atomic mass is 79.9. The molecule has 0 radical (unpaired) electrons. The zero-order valence-electron chi connectivity index (χ0n) is 15.9. The van der Waals surface area contributed by atoms with Crippen LogP contribution >= 0.6 is 15.9 Å². The predicted molar refractivity (Wildman–Crippen MR) is 114 cm³/mol. The summed E-state index contributed by atoms with van der Waals surface area (Å²) in [6.45, 7) is 0. The van der Waals surface area contributed by atoms with E-state index in [2.05, 4.69) is 21.0 Å². The molecule has 2 heterocycles. The third-order valence-electron chi connectivity index (χ3n) is 5.81. The lowest BCUT2D eigenvalue weighted by Crippen LogP contribution is -2.25. The molecule has 1 fully saturated rings. The highest BCUT2D eigenvalue weighted by Crippen LogP contribution is 2.41. The van der Waals surface area contributed by atoms with Crippen LogP contribution in [0.4, 0.5) is 10.2 Å². The van der Waals surface area contributed by atoms with Crippen LogP contribution in [0.2, 0.25) is 0 Å². The van der Waals surface area contributed by atoms with Crippen LogP contribution < -0.4 is 5.73 Å². The van der Waals surface area contributed by atoms with Crippen LogP contribution in [0.25, 0.3) is 11.2 Å². The second-order valence-corrected chi connectivity index (χ2v) is 8.48. The molecule has 1 saturated carbocycles. The second-order valence-electron chi connectivity index (χ2n) is 7.68. The largest absolute Gasteiger partial charge is 0.383 e. The third kappa shape index (κ3) is 4.01. The first-order chi connectivity index (χ1) is 14.0. The zero-order valence-corrected chi connectivity index (χ0v) is 17.5. The minimum Gasteiger partial charge on any atom is -0.383 e. The Morgan fingerprint density at radius 3 is 2.69 bits per heavy atom. The molecule has 8 heteroatoms. The van der Waals surface area contributed by atoms with Crippen molar-refractivity contribution < 1.29 is 14.6 Å². The lowest BCUT2D eigenvalue weighted by Gasteiger charge is -2.29. The summed E-state index contributed by atoms with van der Waals surface area (Å²) >= 11 is 3.58. The van der Waals surface area contributed by atoms with Crippen LogP contribution in [0.5, 0.6) is 0 Å². The lowest BCUT2D eigenvalue weighted by atomic mass is 9.80. The van der Waals surface area contributed by atoms with Gasteiger partial charge in [0.2, 0.25) is 0 Å². The molecule has 154 valence electrons. The molecule has 0 unspecified atom stereocenters. The summed E-state index contributed by atoms with van der Waals surface area (Å²) in [4.78, 5) is 4.88. The molecule has 0 saturated heterocycles. The van der Waals surface area contributed by atoms with Gasteiger partial charge in [-0.2, -0.15) is 9.61 Å². The number of fused-ring (bicyclic) bond motifs is 1. The SMILES string of the molecule is Nc1c(Br)c(C2CCC(C(O)O)CC2)nc2c(C3=C/CC\C=C/C(F)=C\3)cnn12. The van der Waals surface area contributed by atoms with E-state index < -0.39 is 6.29 Å². The summed E-state index contributed by atoms with van der Waals surface area (Å²) in [6, 6.07) is 0. The minimum atomic E-state index is -1.27. The van der Waals surface area contributed by atoms with Crippen molar-refractivity contribution in [2.45, 2.75) is 50.7 Å². The first kappa shape index (κ1) is 20.3. The van der Waals surface area contributed by atoms with Gasteiger partial charge in [0.05, 0.1) is 16.4 Å². The smallest absolute Gasteiger partial charge is 0.165 e. The maximum Gasteiger partial charge on any atom is 0.165 e. The maximum atomic E-state index is 14.1. The highest BCUT2D eigenvalue weighted by Gasteiger charge is 2.29. The van der Waals surface area contributed by atoms with Crippen LogP contribution in [0.15, 0.2) is 40.8 Å². The van der Waals surface area contributed by atoms with E-state index in [1.54, 1.807) is 10.7 Å². The Morgan fingerprint density at radius 1 is 1.21 bits per heavy atom. The summed E-state index contributed by atoms with van der Waals surface area (Å²) in [5.74, 6) is 0.215. The van der Waals surface area contributed by atoms with E-state index in [1.807, 2.05) is 12.2 Å². The van der Waals surface area contributed by atoms with E-state index in [-0.39, 0.29) is 17.7 Å². The number of hydrogen-bond acceptors (Lipinski definition) is 5. The molecule has 2 aromatic rings. The summed E-state index contributed by atoms with van der Waals surface area (Å²) in [5, 5.41) is 23.3.